The van der Waals surface area contributed by atoms with Crippen molar-refractivity contribution in [3.05, 3.63) is 0 Å². The molecule has 2 aliphatic heterocycles. The number of aliphatic hydroxyl groups is 1. The van der Waals surface area contributed by atoms with Gasteiger partial charge in [-0.15, -0.1) is 0 Å². The van der Waals surface area contributed by atoms with Gasteiger partial charge in [0.05, 0.1) is 18.8 Å². The van der Waals surface area contributed by atoms with Crippen molar-refractivity contribution in [2.24, 2.45) is 0 Å². The van der Waals surface area contributed by atoms with E-state index < -0.39 is 0 Å². The lowest BCUT2D eigenvalue weighted by Crippen LogP contribution is -2.48. The third kappa shape index (κ3) is 2.52. The van der Waals surface area contributed by atoms with Gasteiger partial charge in [-0.3, -0.25) is 0 Å². The maximum Gasteiger partial charge on any atom is 0.169 e. The summed E-state index contributed by atoms with van der Waals surface area (Å²) in [7, 11) is 0. The van der Waals surface area contributed by atoms with E-state index in [1.165, 1.54) is 6.42 Å². The van der Waals surface area contributed by atoms with Gasteiger partial charge in [-0.1, -0.05) is 6.92 Å². The summed E-state index contributed by atoms with van der Waals surface area (Å²) < 4.78 is 12.0. The summed E-state index contributed by atoms with van der Waals surface area (Å²) in [5.41, 5.74) is 0. The molecule has 0 aliphatic carbocycles. The van der Waals surface area contributed by atoms with Crippen molar-refractivity contribution in [3.63, 3.8) is 0 Å². The molecule has 88 valence electrons. The minimum atomic E-state index is -0.357. The topological polar surface area (TPSA) is 38.7 Å². The molecular weight excluding hydrogens is 192 g/mol. The average Bonchev–Trinajstić information content (AvgIpc) is 2.29. The second-order valence-corrected chi connectivity index (χ2v) is 4.77. The fourth-order valence-electron chi connectivity index (χ4n) is 2.73. The van der Waals surface area contributed by atoms with Gasteiger partial charge in [-0.2, -0.15) is 0 Å². The minimum absolute atomic E-state index is 0.00523. The zero-order chi connectivity index (χ0) is 10.7. The van der Waals surface area contributed by atoms with Crippen LogP contribution in [0.4, 0.5) is 0 Å². The SMILES string of the molecule is CC[C@@H]1CCC[C@@]2(CCC[C@H](CO)O2)O1. The summed E-state index contributed by atoms with van der Waals surface area (Å²) in [5, 5.41) is 9.15. The molecule has 3 nitrogen and oxygen atoms in total. The standard InChI is InChI=1S/C12H22O3/c1-2-10-5-3-7-12(14-10)8-4-6-11(9-13)15-12/h10-11,13H,2-9H2,1H3/t10-,11-,12-/m1/s1. The van der Waals surface area contributed by atoms with Gasteiger partial charge in [-0.05, 0) is 32.1 Å². The quantitative estimate of drug-likeness (QED) is 0.766. The van der Waals surface area contributed by atoms with E-state index in [0.717, 1.165) is 38.5 Å². The maximum atomic E-state index is 9.15. The fraction of sp³-hybridized carbons (Fsp3) is 1.00. The van der Waals surface area contributed by atoms with Crippen molar-refractivity contribution in [2.45, 2.75) is 69.9 Å². The molecule has 0 aromatic heterocycles. The highest BCUT2D eigenvalue weighted by atomic mass is 16.7. The van der Waals surface area contributed by atoms with Gasteiger partial charge in [0.25, 0.3) is 0 Å². The lowest BCUT2D eigenvalue weighted by atomic mass is 9.92. The van der Waals surface area contributed by atoms with Crippen LogP contribution in [0.1, 0.15) is 51.9 Å². The van der Waals surface area contributed by atoms with Crippen molar-refractivity contribution < 1.29 is 14.6 Å². The Hall–Kier alpha value is -0.120. The molecule has 0 amide bonds. The van der Waals surface area contributed by atoms with E-state index in [0.29, 0.717) is 6.10 Å². The Bertz CT molecular complexity index is 183. The molecule has 3 heteroatoms. The Morgan fingerprint density at radius 2 is 1.73 bits per heavy atom. The Balaban J connectivity index is 1.98. The molecule has 0 aromatic rings. The Kier molecular flexibility index (Phi) is 3.65. The third-order valence-corrected chi connectivity index (χ3v) is 3.59. The van der Waals surface area contributed by atoms with Gasteiger partial charge in [0.15, 0.2) is 5.79 Å². The van der Waals surface area contributed by atoms with Crippen LogP contribution in [0.5, 0.6) is 0 Å². The summed E-state index contributed by atoms with van der Waals surface area (Å²) in [5.74, 6) is -0.357. The molecule has 15 heavy (non-hydrogen) atoms. The summed E-state index contributed by atoms with van der Waals surface area (Å²) in [6, 6.07) is 0. The largest absolute Gasteiger partial charge is 0.394 e. The van der Waals surface area contributed by atoms with E-state index in [4.69, 9.17) is 14.6 Å². The number of aliphatic hydroxyl groups excluding tert-OH is 1. The van der Waals surface area contributed by atoms with Crippen LogP contribution < -0.4 is 0 Å². The van der Waals surface area contributed by atoms with Crippen molar-refractivity contribution in [1.29, 1.82) is 0 Å². The molecular formula is C12H22O3. The van der Waals surface area contributed by atoms with Crippen LogP contribution in [0.15, 0.2) is 0 Å². The predicted molar refractivity (Wildman–Crippen MR) is 57.6 cm³/mol. The van der Waals surface area contributed by atoms with Crippen LogP contribution >= 0.6 is 0 Å². The van der Waals surface area contributed by atoms with Crippen LogP contribution in [0, 0.1) is 0 Å². The molecule has 0 saturated carbocycles. The first-order valence-electron chi connectivity index (χ1n) is 6.24. The third-order valence-electron chi connectivity index (χ3n) is 3.59. The van der Waals surface area contributed by atoms with Crippen LogP contribution in [0.3, 0.4) is 0 Å². The van der Waals surface area contributed by atoms with Gasteiger partial charge < -0.3 is 14.6 Å². The van der Waals surface area contributed by atoms with Crippen LogP contribution in [0.2, 0.25) is 0 Å². The van der Waals surface area contributed by atoms with Gasteiger partial charge in [-0.25, -0.2) is 0 Å². The first kappa shape index (κ1) is 11.4. The first-order valence-corrected chi connectivity index (χ1v) is 6.24. The van der Waals surface area contributed by atoms with E-state index in [2.05, 4.69) is 6.92 Å². The van der Waals surface area contributed by atoms with Crippen molar-refractivity contribution in [2.75, 3.05) is 6.61 Å². The molecule has 1 spiro atoms. The monoisotopic (exact) mass is 214 g/mol. The van der Waals surface area contributed by atoms with Gasteiger partial charge >= 0.3 is 0 Å². The smallest absolute Gasteiger partial charge is 0.169 e. The summed E-state index contributed by atoms with van der Waals surface area (Å²) >= 11 is 0. The fourth-order valence-corrected chi connectivity index (χ4v) is 2.73. The molecule has 0 aromatic carbocycles. The highest BCUT2D eigenvalue weighted by Gasteiger charge is 2.41. The lowest BCUT2D eigenvalue weighted by Gasteiger charge is -2.45. The van der Waals surface area contributed by atoms with Crippen LogP contribution in [-0.4, -0.2) is 29.7 Å². The van der Waals surface area contributed by atoms with Gasteiger partial charge in [0.2, 0.25) is 0 Å². The predicted octanol–water partition coefficient (Wildman–Crippen LogP) is 2.22. The summed E-state index contributed by atoms with van der Waals surface area (Å²) in [4.78, 5) is 0. The highest BCUT2D eigenvalue weighted by molar-refractivity contribution is 4.83. The molecule has 2 rings (SSSR count). The number of rotatable bonds is 2. The minimum Gasteiger partial charge on any atom is -0.394 e. The second-order valence-electron chi connectivity index (χ2n) is 4.77. The van der Waals surface area contributed by atoms with Gasteiger partial charge in [0, 0.05) is 12.8 Å². The Morgan fingerprint density at radius 1 is 1.13 bits per heavy atom. The number of hydrogen-bond donors (Lipinski definition) is 1. The molecule has 3 atom stereocenters. The Morgan fingerprint density at radius 3 is 2.33 bits per heavy atom. The van der Waals surface area contributed by atoms with E-state index in [1.54, 1.807) is 0 Å². The molecule has 2 aliphatic rings. The van der Waals surface area contributed by atoms with Crippen LogP contribution in [0.25, 0.3) is 0 Å². The number of hydrogen-bond acceptors (Lipinski definition) is 3. The van der Waals surface area contributed by atoms with Crippen molar-refractivity contribution >= 4 is 0 Å². The summed E-state index contributed by atoms with van der Waals surface area (Å²) in [6.07, 6.45) is 7.85. The molecule has 0 radical (unpaired) electrons. The molecule has 0 unspecified atom stereocenters. The van der Waals surface area contributed by atoms with E-state index >= 15 is 0 Å². The van der Waals surface area contributed by atoms with E-state index in [-0.39, 0.29) is 18.5 Å². The van der Waals surface area contributed by atoms with Crippen LogP contribution in [-0.2, 0) is 9.47 Å². The average molecular weight is 214 g/mol. The normalized spacial score (nSPS) is 42.0. The highest BCUT2D eigenvalue weighted by Crippen LogP contribution is 2.39. The molecule has 2 saturated heterocycles. The van der Waals surface area contributed by atoms with E-state index in [1.807, 2.05) is 0 Å². The molecule has 2 heterocycles. The second kappa shape index (κ2) is 4.81. The van der Waals surface area contributed by atoms with Crippen molar-refractivity contribution in [3.8, 4) is 0 Å². The number of ether oxygens (including phenoxy) is 2. The zero-order valence-electron chi connectivity index (χ0n) is 9.58. The maximum absolute atomic E-state index is 9.15. The van der Waals surface area contributed by atoms with E-state index in [9.17, 15) is 0 Å². The lowest BCUT2D eigenvalue weighted by molar-refractivity contribution is -0.317. The zero-order valence-corrected chi connectivity index (χ0v) is 9.58. The molecule has 0 bridgehead atoms. The summed E-state index contributed by atoms with van der Waals surface area (Å²) in [6.45, 7) is 2.29. The Labute approximate surface area is 91.8 Å². The van der Waals surface area contributed by atoms with Gasteiger partial charge in [0.1, 0.15) is 0 Å². The first-order chi connectivity index (χ1) is 7.28. The molecule has 1 N–H and O–H groups in total. The van der Waals surface area contributed by atoms with Crippen molar-refractivity contribution in [1.82, 2.24) is 0 Å². The molecule has 2 fully saturated rings.